The second-order valence-corrected chi connectivity index (χ2v) is 31.1. The van der Waals surface area contributed by atoms with Crippen LogP contribution in [0.4, 0.5) is 0 Å². The summed E-state index contributed by atoms with van der Waals surface area (Å²) in [5, 5.41) is 19.3. The molecule has 0 bridgehead atoms. The molecule has 1 saturated heterocycles. The van der Waals surface area contributed by atoms with E-state index < -0.39 is 161 Å². The van der Waals surface area contributed by atoms with Crippen LogP contribution in [-0.2, 0) is 59.3 Å². The zero-order chi connectivity index (χ0) is 76.8. The fourth-order valence-corrected chi connectivity index (χ4v) is 13.7. The summed E-state index contributed by atoms with van der Waals surface area (Å²) in [6, 6.07) is 1.26. The molecule has 1 aliphatic rings. The maximum absolute atomic E-state index is 15.6. The van der Waals surface area contributed by atoms with E-state index >= 15 is 33.6 Å². The van der Waals surface area contributed by atoms with Crippen LogP contribution in [0.15, 0.2) is 66.9 Å². The second kappa shape index (κ2) is 41.1. The minimum Gasteiger partial charge on any atom is -0.390 e. The number of aliphatic hydroxyl groups is 1. The number of hydrogen-bond acceptors (Lipinski definition) is 12. The van der Waals surface area contributed by atoms with Gasteiger partial charge >= 0.3 is 0 Å². The molecule has 22 nitrogen and oxygen atoms in total. The van der Waals surface area contributed by atoms with Crippen LogP contribution in [-0.4, -0.2) is 214 Å². The molecule has 0 aliphatic carbocycles. The lowest BCUT2D eigenvalue weighted by atomic mass is 9.86. The number of Topliss-reactive ketones (excluding diaryl/α,β-unsaturated/α-hetero) is 2. The lowest BCUT2D eigenvalue weighted by Crippen LogP contribution is -2.61. The number of fused-ring (bicyclic) bond motifs is 1. The van der Waals surface area contributed by atoms with Crippen molar-refractivity contribution in [1.82, 2.24) is 44.9 Å². The molecule has 3 N–H and O–H groups in total. The zero-order valence-electron chi connectivity index (χ0n) is 65.8. The molecule has 1 aliphatic heterocycles. The van der Waals surface area contributed by atoms with E-state index in [1.54, 1.807) is 48.5 Å². The first-order valence-electron chi connectivity index (χ1n) is 37.0. The number of aromatic nitrogens is 1. The average molecular weight is 1410 g/mol. The molecule has 0 saturated carbocycles. The van der Waals surface area contributed by atoms with Gasteiger partial charge in [-0.2, -0.15) is 4.57 Å². The number of allylic oxidation sites excluding steroid dienone is 3. The van der Waals surface area contributed by atoms with Crippen molar-refractivity contribution >= 4 is 75.6 Å². The molecule has 13 atom stereocenters. The highest BCUT2D eigenvalue weighted by Gasteiger charge is 2.46. The number of likely N-dealkylation sites (N-methyl/N-ethyl adjacent to an activating group) is 7. The van der Waals surface area contributed by atoms with Crippen molar-refractivity contribution in [3.8, 4) is 0 Å². The number of para-hydroxylation sites is 1. The molecule has 2 aromatic rings. The summed E-state index contributed by atoms with van der Waals surface area (Å²) in [5.41, 5.74) is 1.08. The van der Waals surface area contributed by atoms with Gasteiger partial charge in [0.15, 0.2) is 17.8 Å². The molecule has 101 heavy (non-hydrogen) atoms. The maximum Gasteiger partial charge on any atom is 0.246 e. The van der Waals surface area contributed by atoms with Gasteiger partial charge in [0, 0.05) is 98.0 Å². The van der Waals surface area contributed by atoms with Crippen molar-refractivity contribution < 1.29 is 62.4 Å². The molecule has 1 aromatic carbocycles. The van der Waals surface area contributed by atoms with E-state index in [4.69, 9.17) is 0 Å². The molecule has 566 valence electrons. The first-order valence-corrected chi connectivity index (χ1v) is 37.0. The Labute approximate surface area is 605 Å². The molecule has 1 fully saturated rings. The number of ketones is 2. The molecule has 1 aromatic heterocycles. The van der Waals surface area contributed by atoms with Crippen molar-refractivity contribution in [2.24, 2.45) is 53.3 Å². The van der Waals surface area contributed by atoms with Crippen molar-refractivity contribution in [2.75, 3.05) is 49.3 Å². The number of carbonyl (C=O) groups excluding carboxylic acids is 11. The van der Waals surface area contributed by atoms with Gasteiger partial charge in [-0.05, 0) is 119 Å². The van der Waals surface area contributed by atoms with Crippen LogP contribution in [0, 0.1) is 53.3 Å². The van der Waals surface area contributed by atoms with Gasteiger partial charge in [-0.25, -0.2) is 0 Å². The van der Waals surface area contributed by atoms with E-state index in [1.165, 1.54) is 90.6 Å². The largest absolute Gasteiger partial charge is 0.390 e. The summed E-state index contributed by atoms with van der Waals surface area (Å²) >= 11 is 0. The number of nitrogens with one attached hydrogen (secondary N) is 2. The number of aryl methyl sites for hydroxylation is 1. The summed E-state index contributed by atoms with van der Waals surface area (Å²) in [7, 11) is 10.3. The molecular formula is C79H129N10O12+. The molecule has 22 heteroatoms. The highest BCUT2D eigenvalue weighted by atomic mass is 16.3. The minimum atomic E-state index is -1.53. The van der Waals surface area contributed by atoms with Gasteiger partial charge in [0.2, 0.25) is 58.7 Å². The Morgan fingerprint density at radius 2 is 0.970 bits per heavy atom. The number of benzene rings is 1. The number of unbranched alkanes of at least 4 members (excludes halogenated alkanes) is 1. The van der Waals surface area contributed by atoms with Crippen molar-refractivity contribution in [1.29, 1.82) is 0 Å². The van der Waals surface area contributed by atoms with E-state index in [9.17, 15) is 24.3 Å². The molecule has 9 amide bonds. The van der Waals surface area contributed by atoms with E-state index in [-0.39, 0.29) is 68.6 Å². The van der Waals surface area contributed by atoms with Crippen LogP contribution >= 0.6 is 0 Å². The van der Waals surface area contributed by atoms with Crippen molar-refractivity contribution in [3.05, 3.63) is 66.9 Å². The lowest BCUT2D eigenvalue weighted by Gasteiger charge is -2.41. The standard InChI is InChI=1S/C79H128N10O12/c1-25-27-35-54(15)70(92)69-66(91)47-57(26-2)74(96)82(18)60(39-30-28-29-33-40-89-41-34-37-58-36-31-32-38-59(58)89)75(97)83(19)62(43-49(5)6)72(94)81-67(52(11)12)78(100)84(20)61(42-48(3)4)71(93)80-56(17)65(90)46-55(16)73(95)85(21)63(44-50(7)8)76(98)86(22)64(45-51(9)10)77(99)87(23)68(53(13)14)79(101)88(69)24/h25,27-28,30-32,34,36-38,41,48-57,60-64,67-70,92H,26,29,33,35,39-40,42-47H2,1-24H3,(H-,80,81,93,94)/p+1/b27-25+,30-28+/t54-,55+,56+,57-,60?,61+,62+,63+,64+,67+,68+,69-,70-/m1/s1. The highest BCUT2D eigenvalue weighted by molar-refractivity contribution is 6.00. The van der Waals surface area contributed by atoms with E-state index in [0.29, 0.717) is 19.4 Å². The first kappa shape index (κ1) is 87.9. The molecule has 2 heterocycles. The van der Waals surface area contributed by atoms with Crippen LogP contribution in [0.3, 0.4) is 0 Å². The summed E-state index contributed by atoms with van der Waals surface area (Å²) in [4.78, 5) is 175. The number of rotatable bonds is 21. The summed E-state index contributed by atoms with van der Waals surface area (Å²) < 4.78 is 2.18. The average Bonchev–Trinajstić information content (AvgIpc) is 0.810. The Hall–Kier alpha value is -7.36. The molecule has 3 rings (SSSR count). The summed E-state index contributed by atoms with van der Waals surface area (Å²) in [6.07, 6.45) is 9.67. The monoisotopic (exact) mass is 1410 g/mol. The SMILES string of the molecule is C/C=C/C[C@@H](C)[C@@H](O)[C@H]1C(=O)C[C@@H](CC)C(=O)N(C)C(C/C=C/CCC[n+]2cccc3ccccc32)C(=O)N(C)[C@@H](CC(C)C)C(=O)N[C@@H](C(C)C)C(=O)N(C)[C@@H](CC(C)C)C(=O)N[C@@H](C)C(=O)C[C@H](C)C(=O)N(C)[C@@H](CC(C)C)C(=O)N(C)[C@@H](CC(C)C)C(=O)N(C)[C@@H](C(C)C)C(=O)N1C. The van der Waals surface area contributed by atoms with Gasteiger partial charge in [-0.15, -0.1) is 0 Å². The molecule has 1 unspecified atom stereocenters. The number of pyridine rings is 1. The van der Waals surface area contributed by atoms with Gasteiger partial charge in [0.25, 0.3) is 0 Å². The van der Waals surface area contributed by atoms with Gasteiger partial charge < -0.3 is 50.0 Å². The maximum atomic E-state index is 15.6. The zero-order valence-corrected chi connectivity index (χ0v) is 65.8. The number of nitrogens with zero attached hydrogens (tertiary/aromatic N) is 8. The normalized spacial score (nSPS) is 25.5. The van der Waals surface area contributed by atoms with E-state index in [2.05, 4.69) is 33.4 Å². The molecule has 0 spiro atoms. The van der Waals surface area contributed by atoms with Crippen LogP contribution < -0.4 is 15.2 Å². The Kier molecular flexibility index (Phi) is 35.7. The minimum absolute atomic E-state index is 0.00715. The van der Waals surface area contributed by atoms with Crippen LogP contribution in [0.5, 0.6) is 0 Å². The fraction of sp³-hybridized carbons (Fsp3) is 0.696. The fourth-order valence-electron chi connectivity index (χ4n) is 13.7. The number of hydrogen-bond donors (Lipinski definition) is 3. The number of aliphatic hydroxyl groups excluding tert-OH is 1. The Bertz CT molecular complexity index is 3170. The first-order chi connectivity index (χ1) is 47.2. The van der Waals surface area contributed by atoms with E-state index in [0.717, 1.165) is 17.3 Å². The molecule has 0 radical (unpaired) electrons. The van der Waals surface area contributed by atoms with Crippen LogP contribution in [0.1, 0.15) is 188 Å². The van der Waals surface area contributed by atoms with Crippen molar-refractivity contribution in [2.45, 2.75) is 255 Å². The third kappa shape index (κ3) is 24.4. The van der Waals surface area contributed by atoms with E-state index in [1.807, 2.05) is 111 Å². The number of carbonyl (C=O) groups is 11. The third-order valence-electron chi connectivity index (χ3n) is 20.1. The number of amides is 9. The lowest BCUT2D eigenvalue weighted by molar-refractivity contribution is -0.671. The Balaban J connectivity index is 2.39. The second-order valence-electron chi connectivity index (χ2n) is 31.1. The van der Waals surface area contributed by atoms with Gasteiger partial charge in [0.1, 0.15) is 54.9 Å². The smallest absolute Gasteiger partial charge is 0.246 e. The van der Waals surface area contributed by atoms with Crippen LogP contribution in [0.2, 0.25) is 0 Å². The third-order valence-corrected chi connectivity index (χ3v) is 20.1. The van der Waals surface area contributed by atoms with Crippen LogP contribution in [0.25, 0.3) is 10.9 Å². The molecular weight excluding hydrogens is 1280 g/mol. The Morgan fingerprint density at radius 3 is 1.50 bits per heavy atom. The predicted molar refractivity (Wildman–Crippen MR) is 397 cm³/mol. The predicted octanol–water partition coefficient (Wildman–Crippen LogP) is 8.69. The Morgan fingerprint density at radius 1 is 0.505 bits per heavy atom. The summed E-state index contributed by atoms with van der Waals surface area (Å²) in [6.45, 7) is 31.3. The quantitative estimate of drug-likeness (QED) is 0.0603. The van der Waals surface area contributed by atoms with Gasteiger partial charge in [0.05, 0.1) is 12.1 Å². The highest BCUT2D eigenvalue weighted by Crippen LogP contribution is 2.29. The topological polar surface area (TPSA) is 259 Å². The van der Waals surface area contributed by atoms with Gasteiger partial charge in [-0.3, -0.25) is 52.7 Å². The van der Waals surface area contributed by atoms with Gasteiger partial charge in [-0.1, -0.05) is 140 Å². The van der Waals surface area contributed by atoms with Crippen molar-refractivity contribution in [3.63, 3.8) is 0 Å². The summed E-state index contributed by atoms with van der Waals surface area (Å²) in [5.74, 6) is -10.9.